The number of hydrogen-bond acceptors (Lipinski definition) is 8. The van der Waals surface area contributed by atoms with E-state index >= 15 is 0 Å². The van der Waals surface area contributed by atoms with Gasteiger partial charge >= 0.3 is 6.09 Å². The molecule has 4 rings (SSSR count). The number of rotatable bonds is 6. The van der Waals surface area contributed by atoms with Crippen LogP contribution in [0.2, 0.25) is 5.02 Å². The van der Waals surface area contributed by atoms with Crippen molar-refractivity contribution in [2.24, 2.45) is 0 Å². The number of pyridine rings is 1. The summed E-state index contributed by atoms with van der Waals surface area (Å²) in [7, 11) is -1.11. The number of benzene rings is 1. The monoisotopic (exact) mass is 512 g/mol. The number of carboxylic acid groups (broad SMARTS) is 1. The highest BCUT2D eigenvalue weighted by atomic mass is 35.5. The van der Waals surface area contributed by atoms with Crippen molar-refractivity contribution in [3.63, 3.8) is 0 Å². The number of thiophene rings is 1. The summed E-state index contributed by atoms with van der Waals surface area (Å²) in [6.45, 7) is 1.64. The predicted molar refractivity (Wildman–Crippen MR) is 127 cm³/mol. The number of anilines is 2. The fraction of sp³-hybridized carbons (Fsp3) is 0.300. The third-order valence-electron chi connectivity index (χ3n) is 5.23. The van der Waals surface area contributed by atoms with Crippen molar-refractivity contribution in [2.45, 2.75) is 4.21 Å². The van der Waals surface area contributed by atoms with Gasteiger partial charge in [-0.05, 0) is 12.1 Å². The quantitative estimate of drug-likeness (QED) is 0.514. The second kappa shape index (κ2) is 9.12. The molecule has 2 aromatic heterocycles. The number of carbonyl (C=O) groups is 1. The van der Waals surface area contributed by atoms with Crippen LogP contribution in [-0.4, -0.2) is 69.9 Å². The molecule has 1 aliphatic heterocycles. The van der Waals surface area contributed by atoms with E-state index in [1.807, 2.05) is 4.90 Å². The van der Waals surface area contributed by atoms with Gasteiger partial charge in [0.2, 0.25) is 0 Å². The van der Waals surface area contributed by atoms with Crippen LogP contribution < -0.4 is 19.1 Å². The first-order valence-electron chi connectivity index (χ1n) is 9.79. The van der Waals surface area contributed by atoms with E-state index in [4.69, 9.17) is 26.2 Å². The molecule has 0 radical (unpaired) electrons. The largest absolute Gasteiger partial charge is 0.495 e. The van der Waals surface area contributed by atoms with Crippen LogP contribution in [0.15, 0.2) is 34.7 Å². The second-order valence-corrected chi connectivity index (χ2v) is 10.6. The maximum absolute atomic E-state index is 13.2. The number of piperazine rings is 1. The maximum atomic E-state index is 13.2. The Morgan fingerprint density at radius 2 is 1.85 bits per heavy atom. The van der Waals surface area contributed by atoms with Crippen LogP contribution in [0.5, 0.6) is 11.5 Å². The molecule has 3 aromatic rings. The molecule has 3 heterocycles. The zero-order valence-corrected chi connectivity index (χ0v) is 20.1. The highest BCUT2D eigenvalue weighted by Gasteiger charge is 2.25. The van der Waals surface area contributed by atoms with Gasteiger partial charge in [0.05, 0.1) is 24.9 Å². The van der Waals surface area contributed by atoms with Crippen molar-refractivity contribution in [1.82, 2.24) is 9.88 Å². The van der Waals surface area contributed by atoms with Gasteiger partial charge in [-0.1, -0.05) is 11.6 Å². The lowest BCUT2D eigenvalue weighted by Gasteiger charge is -2.34. The standard InChI is InChI=1S/C20H21ClN4O6S2/c1-30-15-11-14(16(31-2)10-13(15)21)23-33(28,29)18-9-12-17(32-18)3-4-22-19(12)24-5-7-25(8-6-24)20(26)27/h3-4,9-11,23H,5-8H2,1-2H3,(H,26,27). The van der Waals surface area contributed by atoms with Crippen LogP contribution >= 0.6 is 22.9 Å². The van der Waals surface area contributed by atoms with E-state index in [1.165, 1.54) is 31.3 Å². The molecule has 0 saturated carbocycles. The molecule has 13 heteroatoms. The van der Waals surface area contributed by atoms with Crippen LogP contribution in [-0.2, 0) is 10.0 Å². The number of halogens is 1. The summed E-state index contributed by atoms with van der Waals surface area (Å²) < 4.78 is 40.2. The Labute approximate surface area is 199 Å². The number of hydrogen-bond donors (Lipinski definition) is 2. The molecule has 0 spiro atoms. The Hall–Kier alpha value is -2.96. The molecule has 0 bridgehead atoms. The van der Waals surface area contributed by atoms with E-state index in [0.717, 1.165) is 16.0 Å². The SMILES string of the molecule is COc1cc(NS(=O)(=O)c2cc3c(N4CCN(C(=O)O)CC4)nccc3s2)c(OC)cc1Cl. The summed E-state index contributed by atoms with van der Waals surface area (Å²) >= 11 is 7.23. The smallest absolute Gasteiger partial charge is 0.407 e. The molecule has 33 heavy (non-hydrogen) atoms. The van der Waals surface area contributed by atoms with E-state index in [1.54, 1.807) is 18.3 Å². The van der Waals surface area contributed by atoms with E-state index < -0.39 is 16.1 Å². The Morgan fingerprint density at radius 1 is 1.15 bits per heavy atom. The van der Waals surface area contributed by atoms with Crippen LogP contribution in [0, 0.1) is 0 Å². The zero-order valence-electron chi connectivity index (χ0n) is 17.7. The molecule has 0 aliphatic carbocycles. The molecular formula is C20H21ClN4O6S2. The van der Waals surface area contributed by atoms with E-state index in [0.29, 0.717) is 43.1 Å². The lowest BCUT2D eigenvalue weighted by molar-refractivity contribution is 0.142. The van der Waals surface area contributed by atoms with Gasteiger partial charge in [-0.2, -0.15) is 0 Å². The molecule has 1 amide bonds. The number of amides is 1. The molecule has 1 fully saturated rings. The first-order chi connectivity index (χ1) is 15.7. The van der Waals surface area contributed by atoms with Crippen molar-refractivity contribution in [3.8, 4) is 11.5 Å². The molecule has 10 nitrogen and oxygen atoms in total. The zero-order chi connectivity index (χ0) is 23.8. The number of methoxy groups -OCH3 is 2. The lowest BCUT2D eigenvalue weighted by Crippen LogP contribution is -2.48. The first-order valence-corrected chi connectivity index (χ1v) is 12.5. The number of fused-ring (bicyclic) bond motifs is 1. The van der Waals surface area contributed by atoms with Crippen molar-refractivity contribution in [1.29, 1.82) is 0 Å². The van der Waals surface area contributed by atoms with Gasteiger partial charge < -0.3 is 24.4 Å². The minimum Gasteiger partial charge on any atom is -0.495 e. The molecule has 0 unspecified atom stereocenters. The van der Waals surface area contributed by atoms with Gasteiger partial charge in [0, 0.05) is 54.6 Å². The number of aromatic nitrogens is 1. The fourth-order valence-electron chi connectivity index (χ4n) is 3.55. The van der Waals surface area contributed by atoms with E-state index in [2.05, 4.69) is 9.71 Å². The van der Waals surface area contributed by atoms with Crippen molar-refractivity contribution < 1.29 is 27.8 Å². The van der Waals surface area contributed by atoms with Crippen LogP contribution in [0.25, 0.3) is 10.1 Å². The van der Waals surface area contributed by atoms with Crippen LogP contribution in [0.1, 0.15) is 0 Å². The van der Waals surface area contributed by atoms with E-state index in [9.17, 15) is 13.2 Å². The molecule has 176 valence electrons. The average molecular weight is 513 g/mol. The summed E-state index contributed by atoms with van der Waals surface area (Å²) in [5, 5.41) is 10.1. The van der Waals surface area contributed by atoms with Crippen molar-refractivity contribution in [3.05, 3.63) is 35.5 Å². The number of ether oxygens (including phenoxy) is 2. The summed E-state index contributed by atoms with van der Waals surface area (Å²) in [5.74, 6) is 1.18. The normalized spacial score (nSPS) is 14.4. The first kappa shape index (κ1) is 23.2. The summed E-state index contributed by atoms with van der Waals surface area (Å²) in [4.78, 5) is 18.9. The number of nitrogens with one attached hydrogen (secondary N) is 1. The van der Waals surface area contributed by atoms with Crippen LogP contribution in [0.4, 0.5) is 16.3 Å². The Balaban J connectivity index is 1.66. The highest BCUT2D eigenvalue weighted by molar-refractivity contribution is 7.94. The molecule has 1 aliphatic rings. The van der Waals surface area contributed by atoms with Gasteiger partial charge in [0.25, 0.3) is 10.0 Å². The van der Waals surface area contributed by atoms with Gasteiger partial charge in [-0.3, -0.25) is 4.72 Å². The summed E-state index contributed by atoms with van der Waals surface area (Å²) in [5.41, 5.74) is 0.194. The Morgan fingerprint density at radius 3 is 2.48 bits per heavy atom. The fourth-order valence-corrected chi connectivity index (χ4v) is 6.22. The summed E-state index contributed by atoms with van der Waals surface area (Å²) in [6, 6.07) is 6.26. The minimum atomic E-state index is -3.96. The molecule has 2 N–H and O–H groups in total. The van der Waals surface area contributed by atoms with Gasteiger partial charge in [-0.15, -0.1) is 11.3 Å². The number of nitrogens with zero attached hydrogens (tertiary/aromatic N) is 3. The molecule has 1 saturated heterocycles. The highest BCUT2D eigenvalue weighted by Crippen LogP contribution is 2.39. The third-order valence-corrected chi connectivity index (χ3v) is 8.47. The van der Waals surface area contributed by atoms with Crippen molar-refractivity contribution >= 4 is 60.6 Å². The van der Waals surface area contributed by atoms with E-state index in [-0.39, 0.29) is 20.7 Å². The van der Waals surface area contributed by atoms with Crippen molar-refractivity contribution in [2.75, 3.05) is 50.0 Å². The Kier molecular flexibility index (Phi) is 6.41. The average Bonchev–Trinajstić information content (AvgIpc) is 3.25. The molecule has 1 aromatic carbocycles. The molecule has 0 atom stereocenters. The third kappa shape index (κ3) is 4.59. The Bertz CT molecular complexity index is 1310. The summed E-state index contributed by atoms with van der Waals surface area (Å²) in [6.07, 6.45) is 0.666. The lowest BCUT2D eigenvalue weighted by atomic mass is 10.2. The predicted octanol–water partition coefficient (Wildman–Crippen LogP) is 3.57. The van der Waals surface area contributed by atoms with Gasteiger partial charge in [0.1, 0.15) is 21.5 Å². The maximum Gasteiger partial charge on any atom is 0.407 e. The van der Waals surface area contributed by atoms with Crippen LogP contribution in [0.3, 0.4) is 0 Å². The van der Waals surface area contributed by atoms with Gasteiger partial charge in [0.15, 0.2) is 0 Å². The topological polar surface area (TPSA) is 121 Å². The van der Waals surface area contributed by atoms with Gasteiger partial charge in [-0.25, -0.2) is 18.2 Å². The minimum absolute atomic E-state index is 0.104. The second-order valence-electron chi connectivity index (χ2n) is 7.16. The number of sulfonamides is 1. The molecular weight excluding hydrogens is 492 g/mol.